The average molecular weight is 168 g/mol. The van der Waals surface area contributed by atoms with E-state index in [2.05, 4.69) is 38.3 Å². The third-order valence-electron chi connectivity index (χ3n) is 1.85. The number of hydrogen-bond donors (Lipinski definition) is 0. The highest BCUT2D eigenvalue weighted by Gasteiger charge is 2.07. The fourth-order valence-corrected chi connectivity index (χ4v) is 2.19. The lowest BCUT2D eigenvalue weighted by molar-refractivity contribution is 0.528. The third kappa shape index (κ3) is 2.66. The molecule has 0 N–H and O–H groups in total. The fraction of sp³-hybridized carbons (Fsp3) is 0.600. The summed E-state index contributed by atoms with van der Waals surface area (Å²) in [6.07, 6.45) is 1.31. The largest absolute Gasteiger partial charge is 0.149 e. The molecule has 1 heteroatoms. The zero-order valence-corrected chi connectivity index (χ0v) is 8.32. The fourth-order valence-electron chi connectivity index (χ4n) is 1.39. The van der Waals surface area contributed by atoms with Crippen LogP contribution in [0.1, 0.15) is 38.0 Å². The predicted octanol–water partition coefficient (Wildman–Crippen LogP) is 3.90. The maximum Gasteiger partial charge on any atom is 0.00735 e. The van der Waals surface area contributed by atoms with Gasteiger partial charge in [-0.15, -0.1) is 11.3 Å². The molecule has 0 nitrogen and oxygen atoms in total. The molecular weight excluding hydrogens is 152 g/mol. The highest BCUT2D eigenvalue weighted by molar-refractivity contribution is 7.10. The second-order valence-corrected chi connectivity index (χ2v) is 4.53. The Balaban J connectivity index is 2.49. The maximum atomic E-state index is 2.31. The Morgan fingerprint density at radius 2 is 2.09 bits per heavy atom. The van der Waals surface area contributed by atoms with Crippen LogP contribution in [0.2, 0.25) is 0 Å². The Morgan fingerprint density at radius 1 is 1.36 bits per heavy atom. The van der Waals surface area contributed by atoms with Gasteiger partial charge in [0.15, 0.2) is 0 Å². The molecular formula is C10H16S. The molecule has 0 saturated carbocycles. The lowest BCUT2D eigenvalue weighted by Gasteiger charge is -2.11. The van der Waals surface area contributed by atoms with Gasteiger partial charge in [0.1, 0.15) is 0 Å². The smallest absolute Gasteiger partial charge is 0.00735 e. The van der Waals surface area contributed by atoms with E-state index in [1.54, 1.807) is 0 Å². The minimum Gasteiger partial charge on any atom is -0.149 e. The van der Waals surface area contributed by atoms with E-state index in [4.69, 9.17) is 0 Å². The summed E-state index contributed by atoms with van der Waals surface area (Å²) < 4.78 is 0. The SMILES string of the molecule is CC(C)CC(C)c1cccs1. The molecule has 1 atom stereocenters. The van der Waals surface area contributed by atoms with E-state index in [0.29, 0.717) is 0 Å². The maximum absolute atomic E-state index is 2.31. The molecule has 1 aromatic rings. The Bertz CT molecular complexity index is 187. The summed E-state index contributed by atoms with van der Waals surface area (Å²) in [4.78, 5) is 1.53. The van der Waals surface area contributed by atoms with Gasteiger partial charge in [0.25, 0.3) is 0 Å². The molecule has 1 unspecified atom stereocenters. The molecule has 62 valence electrons. The number of hydrogen-bond acceptors (Lipinski definition) is 1. The summed E-state index contributed by atoms with van der Waals surface area (Å²) in [6, 6.07) is 4.37. The van der Waals surface area contributed by atoms with Crippen molar-refractivity contribution < 1.29 is 0 Å². The van der Waals surface area contributed by atoms with Crippen molar-refractivity contribution in [2.24, 2.45) is 5.92 Å². The van der Waals surface area contributed by atoms with Gasteiger partial charge in [-0.05, 0) is 29.7 Å². The molecule has 1 rings (SSSR count). The Labute approximate surface area is 73.3 Å². The van der Waals surface area contributed by atoms with Crippen LogP contribution in [0.3, 0.4) is 0 Å². The Kier molecular flexibility index (Phi) is 3.13. The molecule has 0 fully saturated rings. The van der Waals surface area contributed by atoms with E-state index in [9.17, 15) is 0 Å². The van der Waals surface area contributed by atoms with Crippen molar-refractivity contribution in [3.05, 3.63) is 22.4 Å². The zero-order chi connectivity index (χ0) is 8.27. The first-order valence-corrected chi connectivity index (χ1v) is 5.11. The van der Waals surface area contributed by atoms with Crippen LogP contribution in [0.15, 0.2) is 17.5 Å². The number of rotatable bonds is 3. The minimum atomic E-state index is 0.745. The summed E-state index contributed by atoms with van der Waals surface area (Å²) in [5, 5.41) is 2.16. The van der Waals surface area contributed by atoms with Crippen LogP contribution in [-0.2, 0) is 0 Å². The van der Waals surface area contributed by atoms with Crippen LogP contribution in [0, 0.1) is 5.92 Å². The van der Waals surface area contributed by atoms with Crippen molar-refractivity contribution in [1.29, 1.82) is 0 Å². The third-order valence-corrected chi connectivity index (χ3v) is 2.96. The molecule has 0 aromatic carbocycles. The van der Waals surface area contributed by atoms with E-state index < -0.39 is 0 Å². The van der Waals surface area contributed by atoms with Crippen molar-refractivity contribution in [1.82, 2.24) is 0 Å². The Morgan fingerprint density at radius 3 is 2.55 bits per heavy atom. The van der Waals surface area contributed by atoms with Crippen LogP contribution >= 0.6 is 11.3 Å². The van der Waals surface area contributed by atoms with Gasteiger partial charge < -0.3 is 0 Å². The van der Waals surface area contributed by atoms with E-state index in [0.717, 1.165) is 11.8 Å². The molecule has 1 heterocycles. The molecule has 0 radical (unpaired) electrons. The molecule has 0 amide bonds. The van der Waals surface area contributed by atoms with E-state index in [-0.39, 0.29) is 0 Å². The first-order chi connectivity index (χ1) is 5.20. The normalized spacial score (nSPS) is 13.8. The van der Waals surface area contributed by atoms with Gasteiger partial charge in [0, 0.05) is 4.88 Å². The van der Waals surface area contributed by atoms with Gasteiger partial charge in [-0.1, -0.05) is 26.8 Å². The van der Waals surface area contributed by atoms with Crippen molar-refractivity contribution >= 4 is 11.3 Å². The molecule has 11 heavy (non-hydrogen) atoms. The summed E-state index contributed by atoms with van der Waals surface area (Å²) in [7, 11) is 0. The van der Waals surface area contributed by atoms with Gasteiger partial charge in [-0.25, -0.2) is 0 Å². The number of thiophene rings is 1. The van der Waals surface area contributed by atoms with Crippen LogP contribution in [0.5, 0.6) is 0 Å². The summed E-state index contributed by atoms with van der Waals surface area (Å²) in [6.45, 7) is 6.88. The standard InChI is InChI=1S/C10H16S/c1-8(2)7-9(3)10-5-4-6-11-10/h4-6,8-9H,7H2,1-3H3. The van der Waals surface area contributed by atoms with Crippen LogP contribution < -0.4 is 0 Å². The van der Waals surface area contributed by atoms with E-state index in [1.807, 2.05) is 11.3 Å². The van der Waals surface area contributed by atoms with Crippen molar-refractivity contribution in [3.8, 4) is 0 Å². The summed E-state index contributed by atoms with van der Waals surface area (Å²) >= 11 is 1.87. The molecule has 0 aliphatic carbocycles. The lowest BCUT2D eigenvalue weighted by atomic mass is 9.98. The average Bonchev–Trinajstić information content (AvgIpc) is 2.35. The molecule has 0 aliphatic rings. The Hall–Kier alpha value is -0.300. The zero-order valence-electron chi connectivity index (χ0n) is 7.50. The second kappa shape index (κ2) is 3.91. The molecule has 0 aliphatic heterocycles. The van der Waals surface area contributed by atoms with Gasteiger partial charge in [0.05, 0.1) is 0 Å². The van der Waals surface area contributed by atoms with Gasteiger partial charge >= 0.3 is 0 Å². The topological polar surface area (TPSA) is 0 Å². The minimum absolute atomic E-state index is 0.745. The molecule has 0 saturated heterocycles. The first-order valence-electron chi connectivity index (χ1n) is 4.23. The highest BCUT2D eigenvalue weighted by Crippen LogP contribution is 2.26. The van der Waals surface area contributed by atoms with Crippen LogP contribution in [0.4, 0.5) is 0 Å². The van der Waals surface area contributed by atoms with E-state index >= 15 is 0 Å². The van der Waals surface area contributed by atoms with E-state index in [1.165, 1.54) is 11.3 Å². The second-order valence-electron chi connectivity index (χ2n) is 3.55. The quantitative estimate of drug-likeness (QED) is 0.642. The van der Waals surface area contributed by atoms with Crippen molar-refractivity contribution in [2.75, 3.05) is 0 Å². The molecule has 1 aromatic heterocycles. The van der Waals surface area contributed by atoms with Gasteiger partial charge in [-0.3, -0.25) is 0 Å². The van der Waals surface area contributed by atoms with Crippen molar-refractivity contribution in [2.45, 2.75) is 33.1 Å². The lowest BCUT2D eigenvalue weighted by Crippen LogP contribution is -1.95. The summed E-state index contributed by atoms with van der Waals surface area (Å²) in [5.41, 5.74) is 0. The predicted molar refractivity (Wildman–Crippen MR) is 52.2 cm³/mol. The first kappa shape index (κ1) is 8.79. The van der Waals surface area contributed by atoms with Gasteiger partial charge in [0.2, 0.25) is 0 Å². The van der Waals surface area contributed by atoms with Crippen LogP contribution in [0.25, 0.3) is 0 Å². The monoisotopic (exact) mass is 168 g/mol. The summed E-state index contributed by atoms with van der Waals surface area (Å²) in [5.74, 6) is 1.56. The van der Waals surface area contributed by atoms with Gasteiger partial charge in [-0.2, -0.15) is 0 Å². The van der Waals surface area contributed by atoms with Crippen LogP contribution in [-0.4, -0.2) is 0 Å². The highest BCUT2D eigenvalue weighted by atomic mass is 32.1. The molecule has 0 bridgehead atoms. The van der Waals surface area contributed by atoms with Crippen molar-refractivity contribution in [3.63, 3.8) is 0 Å². The molecule has 0 spiro atoms.